The van der Waals surface area contributed by atoms with Gasteiger partial charge in [-0.3, -0.25) is 9.78 Å². The highest BCUT2D eigenvalue weighted by atomic mass is 35.5. The lowest BCUT2D eigenvalue weighted by Crippen LogP contribution is -2.13. The molecular weight excluding hydrogens is 346 g/mol. The lowest BCUT2D eigenvalue weighted by molar-refractivity contribution is 0.102. The molecule has 5 heteroatoms. The van der Waals surface area contributed by atoms with Gasteiger partial charge in [-0.25, -0.2) is 4.98 Å². The molecule has 0 saturated heterocycles. The number of aromatic nitrogens is 2. The Bertz CT molecular complexity index is 1040. The van der Waals surface area contributed by atoms with Crippen LogP contribution in [0.1, 0.15) is 36.8 Å². The fourth-order valence-electron chi connectivity index (χ4n) is 2.35. The molecule has 26 heavy (non-hydrogen) atoms. The van der Waals surface area contributed by atoms with Gasteiger partial charge in [0.1, 0.15) is 10.8 Å². The van der Waals surface area contributed by atoms with Crippen LogP contribution in [-0.2, 0) is 0 Å². The average Bonchev–Trinajstić information content (AvgIpc) is 2.59. The summed E-state index contributed by atoms with van der Waals surface area (Å²) in [7, 11) is 0. The molecule has 1 N–H and O–H groups in total. The second kappa shape index (κ2) is 7.15. The van der Waals surface area contributed by atoms with Crippen molar-refractivity contribution in [1.29, 1.82) is 0 Å². The number of anilines is 1. The molecule has 1 amide bonds. The van der Waals surface area contributed by atoms with Crippen LogP contribution in [0.3, 0.4) is 0 Å². The summed E-state index contributed by atoms with van der Waals surface area (Å²) < 4.78 is 0. The molecule has 1 aromatic carbocycles. The van der Waals surface area contributed by atoms with Crippen LogP contribution in [0.25, 0.3) is 10.8 Å². The Labute approximate surface area is 157 Å². The highest BCUT2D eigenvalue weighted by Crippen LogP contribution is 2.24. The maximum Gasteiger partial charge on any atom is 0.258 e. The van der Waals surface area contributed by atoms with E-state index in [1.807, 2.05) is 45.0 Å². The van der Waals surface area contributed by atoms with Crippen molar-refractivity contribution in [3.8, 4) is 11.8 Å². The number of rotatable bonds is 2. The van der Waals surface area contributed by atoms with E-state index < -0.39 is 0 Å². The predicted octanol–water partition coefficient (Wildman–Crippen LogP) is 4.93. The zero-order chi connectivity index (χ0) is 18.7. The Kier molecular flexibility index (Phi) is 4.92. The van der Waals surface area contributed by atoms with E-state index in [4.69, 9.17) is 11.6 Å². The number of amides is 1. The van der Waals surface area contributed by atoms with E-state index in [-0.39, 0.29) is 16.5 Å². The second-order valence-corrected chi connectivity index (χ2v) is 7.25. The molecule has 130 valence electrons. The van der Waals surface area contributed by atoms with Gasteiger partial charge in [-0.05, 0) is 51.0 Å². The highest BCUT2D eigenvalue weighted by Gasteiger charge is 2.14. The number of hydrogen-bond acceptors (Lipinski definition) is 3. The smallest absolute Gasteiger partial charge is 0.258 e. The minimum absolute atomic E-state index is 0.130. The molecule has 0 aliphatic rings. The fourth-order valence-corrected chi connectivity index (χ4v) is 2.59. The van der Waals surface area contributed by atoms with E-state index >= 15 is 0 Å². The standard InChI is InChI=1S/C21H18ClN3O/c1-21(2,3)11-9-15-7-8-17(19(22)24-15)20(26)25-18-6-4-5-14-13-23-12-10-16(14)18/h4-8,10,12-13H,1-3H3,(H,25,26). The van der Waals surface area contributed by atoms with E-state index in [1.165, 1.54) is 0 Å². The summed E-state index contributed by atoms with van der Waals surface area (Å²) in [5.74, 6) is 5.76. The summed E-state index contributed by atoms with van der Waals surface area (Å²) in [6.07, 6.45) is 3.44. The average molecular weight is 364 g/mol. The molecule has 3 rings (SSSR count). The fraction of sp³-hybridized carbons (Fsp3) is 0.190. The molecule has 0 aliphatic carbocycles. The zero-order valence-electron chi connectivity index (χ0n) is 14.8. The van der Waals surface area contributed by atoms with Gasteiger partial charge in [0.2, 0.25) is 0 Å². The van der Waals surface area contributed by atoms with Crippen LogP contribution in [0.4, 0.5) is 5.69 Å². The van der Waals surface area contributed by atoms with Crippen LogP contribution in [0.5, 0.6) is 0 Å². The molecule has 0 fully saturated rings. The van der Waals surface area contributed by atoms with Crippen molar-refractivity contribution in [2.24, 2.45) is 5.41 Å². The normalized spacial score (nSPS) is 10.9. The largest absolute Gasteiger partial charge is 0.321 e. The molecule has 2 heterocycles. The second-order valence-electron chi connectivity index (χ2n) is 6.89. The predicted molar refractivity (Wildman–Crippen MR) is 105 cm³/mol. The Morgan fingerprint density at radius 2 is 1.96 bits per heavy atom. The maximum atomic E-state index is 12.6. The van der Waals surface area contributed by atoms with E-state index in [1.54, 1.807) is 24.5 Å². The molecule has 0 unspecified atom stereocenters. The molecule has 2 aromatic heterocycles. The zero-order valence-corrected chi connectivity index (χ0v) is 15.6. The molecule has 0 bridgehead atoms. The molecule has 0 aliphatic heterocycles. The van der Waals surface area contributed by atoms with Crippen LogP contribution in [0.2, 0.25) is 5.15 Å². The first-order chi connectivity index (χ1) is 12.3. The van der Waals surface area contributed by atoms with Crippen LogP contribution >= 0.6 is 11.6 Å². The summed E-state index contributed by atoms with van der Waals surface area (Å²) >= 11 is 6.21. The SMILES string of the molecule is CC(C)(C)C#Cc1ccc(C(=O)Nc2cccc3cnccc23)c(Cl)n1. The Morgan fingerprint density at radius 1 is 1.15 bits per heavy atom. The van der Waals surface area contributed by atoms with Gasteiger partial charge in [-0.15, -0.1) is 0 Å². The first-order valence-electron chi connectivity index (χ1n) is 8.17. The van der Waals surface area contributed by atoms with E-state index in [0.29, 0.717) is 16.9 Å². The van der Waals surface area contributed by atoms with Gasteiger partial charge >= 0.3 is 0 Å². The topological polar surface area (TPSA) is 54.9 Å². The highest BCUT2D eigenvalue weighted by molar-refractivity contribution is 6.33. The van der Waals surface area contributed by atoms with Crippen LogP contribution < -0.4 is 5.32 Å². The number of halogens is 1. The van der Waals surface area contributed by atoms with Gasteiger partial charge in [-0.2, -0.15) is 0 Å². The molecular formula is C21H18ClN3O. The third kappa shape index (κ3) is 4.19. The molecule has 3 aromatic rings. The molecule has 4 nitrogen and oxygen atoms in total. The summed E-state index contributed by atoms with van der Waals surface area (Å²) in [5, 5.41) is 4.88. The van der Waals surface area contributed by atoms with Crippen molar-refractivity contribution in [3.63, 3.8) is 0 Å². The molecule has 0 saturated carbocycles. The summed E-state index contributed by atoms with van der Waals surface area (Å²) in [4.78, 5) is 20.9. The van der Waals surface area contributed by atoms with E-state index in [2.05, 4.69) is 27.1 Å². The van der Waals surface area contributed by atoms with Gasteiger partial charge in [0.25, 0.3) is 5.91 Å². The first kappa shape index (κ1) is 17.9. The number of carbonyl (C=O) groups excluding carboxylic acids is 1. The lowest BCUT2D eigenvalue weighted by atomic mass is 9.98. The molecule has 0 radical (unpaired) electrons. The van der Waals surface area contributed by atoms with Crippen molar-refractivity contribution < 1.29 is 4.79 Å². The van der Waals surface area contributed by atoms with Gasteiger partial charge in [0.15, 0.2) is 0 Å². The lowest BCUT2D eigenvalue weighted by Gasteiger charge is -2.09. The van der Waals surface area contributed by atoms with E-state index in [9.17, 15) is 4.79 Å². The number of carbonyl (C=O) groups is 1. The maximum absolute atomic E-state index is 12.6. The van der Waals surface area contributed by atoms with Gasteiger partial charge in [-0.1, -0.05) is 29.7 Å². The third-order valence-electron chi connectivity index (χ3n) is 3.59. The number of pyridine rings is 2. The molecule has 0 spiro atoms. The monoisotopic (exact) mass is 363 g/mol. The number of benzene rings is 1. The minimum atomic E-state index is -0.317. The number of nitrogens with zero attached hydrogens (tertiary/aromatic N) is 2. The third-order valence-corrected chi connectivity index (χ3v) is 3.88. The number of fused-ring (bicyclic) bond motifs is 1. The Balaban J connectivity index is 1.87. The first-order valence-corrected chi connectivity index (χ1v) is 8.55. The van der Waals surface area contributed by atoms with Gasteiger partial charge < -0.3 is 5.32 Å². The van der Waals surface area contributed by atoms with Gasteiger partial charge in [0.05, 0.1) is 5.56 Å². The van der Waals surface area contributed by atoms with E-state index in [0.717, 1.165) is 10.8 Å². The van der Waals surface area contributed by atoms with Crippen LogP contribution in [0, 0.1) is 17.3 Å². The Morgan fingerprint density at radius 3 is 2.69 bits per heavy atom. The summed E-state index contributed by atoms with van der Waals surface area (Å²) in [5.41, 5.74) is 1.41. The van der Waals surface area contributed by atoms with Gasteiger partial charge in [0, 0.05) is 34.3 Å². The Hall–Kier alpha value is -2.90. The van der Waals surface area contributed by atoms with Crippen molar-refractivity contribution in [1.82, 2.24) is 9.97 Å². The van der Waals surface area contributed by atoms with Crippen molar-refractivity contribution in [2.75, 3.05) is 5.32 Å². The summed E-state index contributed by atoms with van der Waals surface area (Å²) in [6.45, 7) is 6.05. The number of nitrogens with one attached hydrogen (secondary N) is 1. The minimum Gasteiger partial charge on any atom is -0.321 e. The van der Waals surface area contributed by atoms with Crippen molar-refractivity contribution >= 4 is 34.0 Å². The van der Waals surface area contributed by atoms with Crippen LogP contribution in [-0.4, -0.2) is 15.9 Å². The van der Waals surface area contributed by atoms with Crippen molar-refractivity contribution in [3.05, 3.63) is 65.2 Å². The quantitative estimate of drug-likeness (QED) is 0.518. The number of hydrogen-bond donors (Lipinski definition) is 1. The summed E-state index contributed by atoms with van der Waals surface area (Å²) in [6, 6.07) is 10.8. The molecule has 0 atom stereocenters. The van der Waals surface area contributed by atoms with Crippen molar-refractivity contribution in [2.45, 2.75) is 20.8 Å². The van der Waals surface area contributed by atoms with Crippen LogP contribution in [0.15, 0.2) is 48.8 Å².